The average Bonchev–Trinajstić information content (AvgIpc) is 2.71. The summed E-state index contributed by atoms with van der Waals surface area (Å²) in [5, 5.41) is 15.0. The minimum absolute atomic E-state index is 0.345. The Bertz CT molecular complexity index is 438. The normalized spacial score (nSPS) is 23.5. The lowest BCUT2D eigenvalue weighted by Gasteiger charge is -2.34. The Hall–Kier alpha value is -1.14. The SMILES string of the molecule is COC1CC(Nc2nc(C(C)(C)C(=O)O)cs2)C1. The van der Waals surface area contributed by atoms with Crippen molar-refractivity contribution in [3.8, 4) is 0 Å². The van der Waals surface area contributed by atoms with Gasteiger partial charge in [-0.1, -0.05) is 0 Å². The molecule has 0 unspecified atom stereocenters. The van der Waals surface area contributed by atoms with E-state index in [-0.39, 0.29) is 0 Å². The molecule has 0 amide bonds. The van der Waals surface area contributed by atoms with Gasteiger partial charge in [0.2, 0.25) is 0 Å². The first kappa shape index (κ1) is 13.3. The van der Waals surface area contributed by atoms with Gasteiger partial charge in [0.15, 0.2) is 5.13 Å². The van der Waals surface area contributed by atoms with Gasteiger partial charge in [0, 0.05) is 18.5 Å². The standard InChI is InChI=1S/C12H18N2O3S/c1-12(2,10(15)16)9-6-18-11(14-9)13-7-4-8(5-7)17-3/h6-8H,4-5H2,1-3H3,(H,13,14)(H,15,16). The highest BCUT2D eigenvalue weighted by molar-refractivity contribution is 7.13. The van der Waals surface area contributed by atoms with Crippen molar-refractivity contribution >= 4 is 22.4 Å². The number of ether oxygens (including phenoxy) is 1. The molecule has 1 saturated carbocycles. The van der Waals surface area contributed by atoms with Gasteiger partial charge in [0.25, 0.3) is 0 Å². The number of rotatable bonds is 5. The quantitative estimate of drug-likeness (QED) is 0.857. The summed E-state index contributed by atoms with van der Waals surface area (Å²) in [6.45, 7) is 3.33. The molecule has 0 aliphatic heterocycles. The van der Waals surface area contributed by atoms with Crippen LogP contribution in [0, 0.1) is 0 Å². The van der Waals surface area contributed by atoms with Crippen LogP contribution in [0.25, 0.3) is 0 Å². The Balaban J connectivity index is 1.97. The molecule has 1 aromatic rings. The Labute approximate surface area is 110 Å². The van der Waals surface area contributed by atoms with Gasteiger partial charge in [-0.25, -0.2) is 4.98 Å². The van der Waals surface area contributed by atoms with Crippen LogP contribution in [-0.2, 0) is 14.9 Å². The Morgan fingerprint density at radius 1 is 1.61 bits per heavy atom. The third-order valence-electron chi connectivity index (χ3n) is 3.43. The number of anilines is 1. The Kier molecular flexibility index (Phi) is 3.59. The van der Waals surface area contributed by atoms with E-state index in [1.807, 2.05) is 5.38 Å². The number of hydrogen-bond donors (Lipinski definition) is 2. The maximum atomic E-state index is 11.1. The first-order valence-corrected chi connectivity index (χ1v) is 6.80. The molecule has 1 fully saturated rings. The average molecular weight is 270 g/mol. The number of aromatic nitrogens is 1. The van der Waals surface area contributed by atoms with E-state index in [1.54, 1.807) is 21.0 Å². The third kappa shape index (κ3) is 2.49. The number of thiazole rings is 1. The first-order valence-electron chi connectivity index (χ1n) is 5.92. The van der Waals surface area contributed by atoms with Crippen LogP contribution in [0.15, 0.2) is 5.38 Å². The molecule has 2 N–H and O–H groups in total. The molecule has 0 saturated heterocycles. The van der Waals surface area contributed by atoms with Crippen molar-refractivity contribution < 1.29 is 14.6 Å². The molecule has 1 heterocycles. The second-order valence-corrected chi connectivity index (χ2v) is 6.00. The molecule has 1 aliphatic rings. The van der Waals surface area contributed by atoms with E-state index < -0.39 is 11.4 Å². The highest BCUT2D eigenvalue weighted by Crippen LogP contribution is 2.31. The number of carboxylic acids is 1. The number of carboxylic acid groups (broad SMARTS) is 1. The number of nitrogens with one attached hydrogen (secondary N) is 1. The van der Waals surface area contributed by atoms with E-state index >= 15 is 0 Å². The number of nitrogens with zero attached hydrogens (tertiary/aromatic N) is 1. The summed E-state index contributed by atoms with van der Waals surface area (Å²) in [4.78, 5) is 15.5. The molecule has 100 valence electrons. The molecular formula is C12H18N2O3S. The molecule has 2 rings (SSSR count). The van der Waals surface area contributed by atoms with Crippen LogP contribution in [0.3, 0.4) is 0 Å². The van der Waals surface area contributed by atoms with Crippen molar-refractivity contribution in [3.63, 3.8) is 0 Å². The molecule has 0 bridgehead atoms. The summed E-state index contributed by atoms with van der Waals surface area (Å²) >= 11 is 1.45. The number of hydrogen-bond acceptors (Lipinski definition) is 5. The lowest BCUT2D eigenvalue weighted by atomic mass is 9.89. The van der Waals surface area contributed by atoms with Crippen molar-refractivity contribution in [2.45, 2.75) is 44.2 Å². The fourth-order valence-corrected chi connectivity index (χ4v) is 2.74. The number of carbonyl (C=O) groups is 1. The van der Waals surface area contributed by atoms with E-state index in [9.17, 15) is 4.79 Å². The van der Waals surface area contributed by atoms with Crippen molar-refractivity contribution in [1.82, 2.24) is 4.98 Å². The summed E-state index contributed by atoms with van der Waals surface area (Å²) in [6, 6.07) is 0.391. The van der Waals surface area contributed by atoms with Gasteiger partial charge in [-0.05, 0) is 26.7 Å². The molecule has 1 aliphatic carbocycles. The second-order valence-electron chi connectivity index (χ2n) is 5.14. The second kappa shape index (κ2) is 4.85. The summed E-state index contributed by atoms with van der Waals surface area (Å²) in [6.07, 6.45) is 2.30. The predicted molar refractivity (Wildman–Crippen MR) is 70.2 cm³/mol. The zero-order valence-corrected chi connectivity index (χ0v) is 11.6. The van der Waals surface area contributed by atoms with Crippen LogP contribution in [0.4, 0.5) is 5.13 Å². The lowest BCUT2D eigenvalue weighted by Crippen LogP contribution is -2.40. The highest BCUT2D eigenvalue weighted by Gasteiger charge is 2.33. The van der Waals surface area contributed by atoms with E-state index in [2.05, 4.69) is 10.3 Å². The fraction of sp³-hybridized carbons (Fsp3) is 0.667. The zero-order valence-electron chi connectivity index (χ0n) is 10.8. The Morgan fingerprint density at radius 3 is 2.83 bits per heavy atom. The Morgan fingerprint density at radius 2 is 2.28 bits per heavy atom. The molecule has 5 nitrogen and oxygen atoms in total. The van der Waals surface area contributed by atoms with Gasteiger partial charge < -0.3 is 15.2 Å². The number of aliphatic carboxylic acids is 1. The summed E-state index contributed by atoms with van der Waals surface area (Å²) in [5.74, 6) is -0.859. The van der Waals surface area contributed by atoms with Crippen LogP contribution in [-0.4, -0.2) is 35.3 Å². The predicted octanol–water partition coefficient (Wildman–Crippen LogP) is 2.09. The van der Waals surface area contributed by atoms with Gasteiger partial charge in [-0.3, -0.25) is 4.79 Å². The molecule has 0 atom stereocenters. The van der Waals surface area contributed by atoms with Crippen molar-refractivity contribution in [1.29, 1.82) is 0 Å². The molecule has 1 aromatic heterocycles. The van der Waals surface area contributed by atoms with Gasteiger partial charge >= 0.3 is 5.97 Å². The van der Waals surface area contributed by atoms with E-state index in [0.29, 0.717) is 17.8 Å². The third-order valence-corrected chi connectivity index (χ3v) is 4.21. The lowest BCUT2D eigenvalue weighted by molar-refractivity contribution is -0.142. The van der Waals surface area contributed by atoms with Gasteiger partial charge in [0.05, 0.1) is 11.8 Å². The van der Waals surface area contributed by atoms with E-state index in [4.69, 9.17) is 9.84 Å². The van der Waals surface area contributed by atoms with Crippen molar-refractivity contribution in [2.24, 2.45) is 0 Å². The minimum Gasteiger partial charge on any atom is -0.481 e. The maximum Gasteiger partial charge on any atom is 0.315 e. The van der Waals surface area contributed by atoms with E-state index in [1.165, 1.54) is 11.3 Å². The molecule has 18 heavy (non-hydrogen) atoms. The summed E-state index contributed by atoms with van der Waals surface area (Å²) in [7, 11) is 1.72. The zero-order chi connectivity index (χ0) is 13.3. The molecule has 0 aromatic carbocycles. The summed E-state index contributed by atoms with van der Waals surface area (Å²) in [5.41, 5.74) is -0.337. The van der Waals surface area contributed by atoms with Gasteiger partial charge in [-0.2, -0.15) is 0 Å². The minimum atomic E-state index is -0.939. The molecule has 0 radical (unpaired) electrons. The van der Waals surface area contributed by atoms with Crippen molar-refractivity contribution in [3.05, 3.63) is 11.1 Å². The van der Waals surface area contributed by atoms with Gasteiger partial charge in [-0.15, -0.1) is 11.3 Å². The smallest absolute Gasteiger partial charge is 0.315 e. The summed E-state index contributed by atoms with van der Waals surface area (Å²) < 4.78 is 5.21. The largest absolute Gasteiger partial charge is 0.481 e. The number of methoxy groups -OCH3 is 1. The fourth-order valence-electron chi connectivity index (χ4n) is 1.79. The molecular weight excluding hydrogens is 252 g/mol. The molecule has 0 spiro atoms. The first-order chi connectivity index (χ1) is 8.43. The van der Waals surface area contributed by atoms with E-state index in [0.717, 1.165) is 18.0 Å². The topological polar surface area (TPSA) is 71.5 Å². The van der Waals surface area contributed by atoms with Crippen LogP contribution in [0.5, 0.6) is 0 Å². The molecule has 6 heteroatoms. The van der Waals surface area contributed by atoms with Crippen LogP contribution < -0.4 is 5.32 Å². The van der Waals surface area contributed by atoms with Gasteiger partial charge in [0.1, 0.15) is 5.41 Å². The monoisotopic (exact) mass is 270 g/mol. The van der Waals surface area contributed by atoms with Crippen LogP contribution in [0.1, 0.15) is 32.4 Å². The van der Waals surface area contributed by atoms with Crippen LogP contribution >= 0.6 is 11.3 Å². The maximum absolute atomic E-state index is 11.1. The highest BCUT2D eigenvalue weighted by atomic mass is 32.1. The van der Waals surface area contributed by atoms with Crippen LogP contribution in [0.2, 0.25) is 0 Å². The van der Waals surface area contributed by atoms with Crippen molar-refractivity contribution in [2.75, 3.05) is 12.4 Å².